The summed E-state index contributed by atoms with van der Waals surface area (Å²) in [6, 6.07) is 9.39. The SMILES string of the molecule is Nc1ccc(F)cc1Nc1ccc2[nH]c(=O)[nH]c2c1. The number of rotatable bonds is 2. The van der Waals surface area contributed by atoms with Crippen LogP contribution in [0.1, 0.15) is 0 Å². The molecule has 3 rings (SSSR count). The van der Waals surface area contributed by atoms with E-state index in [1.54, 1.807) is 18.2 Å². The van der Waals surface area contributed by atoms with Crippen LogP contribution in [0, 0.1) is 5.82 Å². The number of H-pyrrole nitrogens is 2. The van der Waals surface area contributed by atoms with Crippen molar-refractivity contribution in [2.75, 3.05) is 11.1 Å². The lowest BCUT2D eigenvalue weighted by Gasteiger charge is -2.09. The molecule has 0 saturated heterocycles. The summed E-state index contributed by atoms with van der Waals surface area (Å²) in [6.45, 7) is 0. The van der Waals surface area contributed by atoms with Crippen LogP contribution in [0.25, 0.3) is 11.0 Å². The van der Waals surface area contributed by atoms with E-state index >= 15 is 0 Å². The van der Waals surface area contributed by atoms with Crippen molar-refractivity contribution in [3.63, 3.8) is 0 Å². The maximum atomic E-state index is 13.2. The molecule has 0 fully saturated rings. The third-order valence-corrected chi connectivity index (χ3v) is 2.81. The summed E-state index contributed by atoms with van der Waals surface area (Å²) in [5, 5.41) is 3.01. The predicted octanol–water partition coefficient (Wildman–Crippen LogP) is 2.32. The van der Waals surface area contributed by atoms with Gasteiger partial charge in [0.05, 0.1) is 22.4 Å². The summed E-state index contributed by atoms with van der Waals surface area (Å²) in [7, 11) is 0. The van der Waals surface area contributed by atoms with E-state index in [-0.39, 0.29) is 11.5 Å². The normalized spacial score (nSPS) is 10.8. The van der Waals surface area contributed by atoms with Crippen LogP contribution >= 0.6 is 0 Å². The first-order valence-electron chi connectivity index (χ1n) is 5.66. The number of nitrogens with two attached hydrogens (primary N) is 1. The largest absolute Gasteiger partial charge is 0.397 e. The fourth-order valence-electron chi connectivity index (χ4n) is 1.90. The van der Waals surface area contributed by atoms with Crippen LogP contribution in [-0.4, -0.2) is 9.97 Å². The van der Waals surface area contributed by atoms with Crippen LogP contribution < -0.4 is 16.7 Å². The second-order valence-electron chi connectivity index (χ2n) is 4.20. The number of hydrogen-bond donors (Lipinski definition) is 4. The number of halogens is 1. The van der Waals surface area contributed by atoms with E-state index in [0.29, 0.717) is 28.1 Å². The lowest BCUT2D eigenvalue weighted by atomic mass is 10.2. The zero-order chi connectivity index (χ0) is 13.4. The molecule has 0 saturated carbocycles. The minimum absolute atomic E-state index is 0.266. The van der Waals surface area contributed by atoms with E-state index in [4.69, 9.17) is 5.73 Å². The number of fused-ring (bicyclic) bond motifs is 1. The van der Waals surface area contributed by atoms with Gasteiger partial charge >= 0.3 is 5.69 Å². The highest BCUT2D eigenvalue weighted by molar-refractivity contribution is 5.81. The number of imidazole rings is 1. The molecule has 0 bridgehead atoms. The fraction of sp³-hybridized carbons (Fsp3) is 0. The molecule has 0 spiro atoms. The molecule has 96 valence electrons. The van der Waals surface area contributed by atoms with Gasteiger partial charge in [-0.15, -0.1) is 0 Å². The van der Waals surface area contributed by atoms with Crippen LogP contribution in [0.3, 0.4) is 0 Å². The van der Waals surface area contributed by atoms with Gasteiger partial charge in [0.1, 0.15) is 5.82 Å². The number of hydrogen-bond acceptors (Lipinski definition) is 3. The molecule has 6 heteroatoms. The maximum Gasteiger partial charge on any atom is 0.323 e. The van der Waals surface area contributed by atoms with Crippen molar-refractivity contribution in [1.82, 2.24) is 9.97 Å². The molecule has 19 heavy (non-hydrogen) atoms. The molecule has 1 heterocycles. The van der Waals surface area contributed by atoms with Crippen molar-refractivity contribution in [2.24, 2.45) is 0 Å². The van der Waals surface area contributed by atoms with Crippen LogP contribution in [0.2, 0.25) is 0 Å². The van der Waals surface area contributed by atoms with Gasteiger partial charge in [-0.3, -0.25) is 0 Å². The van der Waals surface area contributed by atoms with E-state index in [1.807, 2.05) is 0 Å². The molecule has 0 aliphatic rings. The monoisotopic (exact) mass is 258 g/mol. The first kappa shape index (κ1) is 11.3. The Morgan fingerprint density at radius 2 is 1.84 bits per heavy atom. The maximum absolute atomic E-state index is 13.2. The van der Waals surface area contributed by atoms with Crippen molar-refractivity contribution in [1.29, 1.82) is 0 Å². The predicted molar refractivity (Wildman–Crippen MR) is 73.0 cm³/mol. The molecular formula is C13H11FN4O. The molecule has 5 nitrogen and oxygen atoms in total. The first-order valence-corrected chi connectivity index (χ1v) is 5.66. The summed E-state index contributed by atoms with van der Waals surface area (Å²) in [4.78, 5) is 16.5. The zero-order valence-electron chi connectivity index (χ0n) is 9.83. The van der Waals surface area contributed by atoms with E-state index in [1.165, 1.54) is 18.2 Å². The third-order valence-electron chi connectivity index (χ3n) is 2.81. The molecule has 0 radical (unpaired) electrons. The highest BCUT2D eigenvalue weighted by Crippen LogP contribution is 2.25. The molecule has 0 aliphatic heterocycles. The van der Waals surface area contributed by atoms with Crippen LogP contribution in [0.15, 0.2) is 41.2 Å². The summed E-state index contributed by atoms with van der Waals surface area (Å²) >= 11 is 0. The van der Waals surface area contributed by atoms with Gasteiger partial charge in [-0.2, -0.15) is 0 Å². The van der Waals surface area contributed by atoms with Crippen molar-refractivity contribution < 1.29 is 4.39 Å². The Hall–Kier alpha value is -2.76. The Morgan fingerprint density at radius 1 is 1.05 bits per heavy atom. The second kappa shape index (κ2) is 4.16. The molecular weight excluding hydrogens is 247 g/mol. The van der Waals surface area contributed by atoms with Gasteiger partial charge in [0.25, 0.3) is 0 Å². The van der Waals surface area contributed by atoms with Gasteiger partial charge in [0, 0.05) is 5.69 Å². The van der Waals surface area contributed by atoms with Crippen LogP contribution in [-0.2, 0) is 0 Å². The number of nitrogen functional groups attached to an aromatic ring is 1. The van der Waals surface area contributed by atoms with E-state index in [9.17, 15) is 9.18 Å². The Morgan fingerprint density at radius 3 is 2.68 bits per heavy atom. The molecule has 0 unspecified atom stereocenters. The summed E-state index contributed by atoms with van der Waals surface area (Å²) in [5.41, 5.74) is 8.52. The minimum Gasteiger partial charge on any atom is -0.397 e. The number of anilines is 3. The molecule has 3 aromatic rings. The average molecular weight is 258 g/mol. The molecule has 5 N–H and O–H groups in total. The molecule has 1 aromatic heterocycles. The Labute approximate surface area is 107 Å². The molecule has 0 amide bonds. The van der Waals surface area contributed by atoms with Gasteiger partial charge in [0.2, 0.25) is 0 Å². The highest BCUT2D eigenvalue weighted by atomic mass is 19.1. The number of aromatic nitrogens is 2. The second-order valence-corrected chi connectivity index (χ2v) is 4.20. The third kappa shape index (κ3) is 2.15. The highest BCUT2D eigenvalue weighted by Gasteiger charge is 2.04. The van der Waals surface area contributed by atoms with Gasteiger partial charge in [-0.25, -0.2) is 9.18 Å². The summed E-state index contributed by atoms with van der Waals surface area (Å²) < 4.78 is 13.2. The summed E-state index contributed by atoms with van der Waals surface area (Å²) in [5.74, 6) is -0.368. The number of aromatic amines is 2. The van der Waals surface area contributed by atoms with Crippen LogP contribution in [0.5, 0.6) is 0 Å². The van der Waals surface area contributed by atoms with Gasteiger partial charge in [0.15, 0.2) is 0 Å². The molecule has 0 aliphatic carbocycles. The standard InChI is InChI=1S/C13H11FN4O/c14-7-1-3-9(15)11(5-7)16-8-2-4-10-12(6-8)18-13(19)17-10/h1-6,16H,15H2,(H2,17,18,19). The Bertz CT molecular complexity index is 806. The van der Waals surface area contributed by atoms with Gasteiger partial charge in [-0.05, 0) is 36.4 Å². The van der Waals surface area contributed by atoms with Crippen molar-refractivity contribution in [3.05, 3.63) is 52.7 Å². The van der Waals surface area contributed by atoms with Crippen molar-refractivity contribution >= 4 is 28.1 Å². The lowest BCUT2D eigenvalue weighted by Crippen LogP contribution is -1.99. The Kier molecular flexibility index (Phi) is 2.49. The smallest absolute Gasteiger partial charge is 0.323 e. The van der Waals surface area contributed by atoms with Crippen LogP contribution in [0.4, 0.5) is 21.5 Å². The van der Waals surface area contributed by atoms with Crippen molar-refractivity contribution in [2.45, 2.75) is 0 Å². The van der Waals surface area contributed by atoms with Crippen molar-refractivity contribution in [3.8, 4) is 0 Å². The summed E-state index contributed by atoms with van der Waals surface area (Å²) in [6.07, 6.45) is 0. The van der Waals surface area contributed by atoms with Gasteiger partial charge in [-0.1, -0.05) is 0 Å². The molecule has 0 atom stereocenters. The Balaban J connectivity index is 2.00. The van der Waals surface area contributed by atoms with Gasteiger partial charge < -0.3 is 21.0 Å². The zero-order valence-corrected chi connectivity index (χ0v) is 9.83. The number of benzene rings is 2. The quantitative estimate of drug-likeness (QED) is 0.532. The first-order chi connectivity index (χ1) is 9.11. The lowest BCUT2D eigenvalue weighted by molar-refractivity contribution is 0.628. The fourth-order valence-corrected chi connectivity index (χ4v) is 1.90. The molecule has 2 aromatic carbocycles. The van der Waals surface area contributed by atoms with E-state index in [2.05, 4.69) is 15.3 Å². The minimum atomic E-state index is -0.368. The van der Waals surface area contributed by atoms with E-state index in [0.717, 1.165) is 0 Å². The number of nitrogens with one attached hydrogen (secondary N) is 3. The topological polar surface area (TPSA) is 86.7 Å². The average Bonchev–Trinajstić information content (AvgIpc) is 2.73. The van der Waals surface area contributed by atoms with E-state index < -0.39 is 0 Å².